The van der Waals surface area contributed by atoms with Gasteiger partial charge in [0.15, 0.2) is 24.4 Å². The summed E-state index contributed by atoms with van der Waals surface area (Å²) in [6.07, 6.45) is 0.607. The van der Waals surface area contributed by atoms with Crippen LogP contribution in [0.15, 0.2) is 12.1 Å². The SMILES string of the molecule is COc1cc(Cl)cc(C=O)c1OCC(=O)NCC(C)C. The second kappa shape index (κ2) is 7.75. The Hall–Kier alpha value is -1.75. The number of carbonyl (C=O) groups excluding carboxylic acids is 2. The smallest absolute Gasteiger partial charge is 0.257 e. The van der Waals surface area contributed by atoms with Crippen molar-refractivity contribution in [2.24, 2.45) is 5.92 Å². The lowest BCUT2D eigenvalue weighted by atomic mass is 10.2. The molecule has 0 aromatic heterocycles. The van der Waals surface area contributed by atoms with Crippen molar-refractivity contribution in [2.75, 3.05) is 20.3 Å². The molecule has 1 aromatic rings. The maximum atomic E-state index is 11.6. The number of nitrogens with one attached hydrogen (secondary N) is 1. The van der Waals surface area contributed by atoms with E-state index in [-0.39, 0.29) is 23.8 Å². The van der Waals surface area contributed by atoms with Crippen LogP contribution in [0, 0.1) is 5.92 Å². The number of halogens is 1. The van der Waals surface area contributed by atoms with Crippen molar-refractivity contribution in [3.05, 3.63) is 22.7 Å². The van der Waals surface area contributed by atoms with Crippen LogP contribution in [-0.2, 0) is 4.79 Å². The van der Waals surface area contributed by atoms with Crippen LogP contribution in [0.2, 0.25) is 5.02 Å². The molecule has 110 valence electrons. The van der Waals surface area contributed by atoms with Gasteiger partial charge >= 0.3 is 0 Å². The normalized spacial score (nSPS) is 10.2. The predicted octanol–water partition coefficient (Wildman–Crippen LogP) is 2.31. The molecule has 0 bridgehead atoms. The summed E-state index contributed by atoms with van der Waals surface area (Å²) < 4.78 is 10.5. The van der Waals surface area contributed by atoms with Gasteiger partial charge in [-0.1, -0.05) is 25.4 Å². The summed E-state index contributed by atoms with van der Waals surface area (Å²) in [6, 6.07) is 2.98. The highest BCUT2D eigenvalue weighted by Crippen LogP contribution is 2.33. The molecule has 0 aliphatic heterocycles. The van der Waals surface area contributed by atoms with E-state index in [4.69, 9.17) is 21.1 Å². The summed E-state index contributed by atoms with van der Waals surface area (Å²) in [7, 11) is 1.44. The number of hydrogen-bond acceptors (Lipinski definition) is 4. The van der Waals surface area contributed by atoms with E-state index >= 15 is 0 Å². The fraction of sp³-hybridized carbons (Fsp3) is 0.429. The largest absolute Gasteiger partial charge is 0.493 e. The number of carbonyl (C=O) groups is 2. The standard InChI is InChI=1S/C14H18ClNO4/c1-9(2)6-16-13(18)8-20-14-10(7-17)4-11(15)5-12(14)19-3/h4-5,7,9H,6,8H2,1-3H3,(H,16,18). The van der Waals surface area contributed by atoms with Gasteiger partial charge in [0, 0.05) is 17.6 Å². The van der Waals surface area contributed by atoms with Gasteiger partial charge in [-0.25, -0.2) is 0 Å². The van der Waals surface area contributed by atoms with Crippen LogP contribution >= 0.6 is 11.6 Å². The van der Waals surface area contributed by atoms with Crippen molar-refractivity contribution in [2.45, 2.75) is 13.8 Å². The Kier molecular flexibility index (Phi) is 6.31. The lowest BCUT2D eigenvalue weighted by Crippen LogP contribution is -2.31. The molecule has 0 aliphatic carbocycles. The Morgan fingerprint density at radius 2 is 2.15 bits per heavy atom. The Morgan fingerprint density at radius 3 is 2.70 bits per heavy atom. The highest BCUT2D eigenvalue weighted by Gasteiger charge is 2.14. The van der Waals surface area contributed by atoms with Gasteiger partial charge in [0.1, 0.15) is 0 Å². The molecule has 5 nitrogen and oxygen atoms in total. The molecule has 0 saturated heterocycles. The number of ether oxygens (including phenoxy) is 2. The van der Waals surface area contributed by atoms with Crippen molar-refractivity contribution in [3.63, 3.8) is 0 Å². The zero-order valence-electron chi connectivity index (χ0n) is 11.7. The van der Waals surface area contributed by atoms with Crippen LogP contribution in [0.4, 0.5) is 0 Å². The molecular formula is C14H18ClNO4. The van der Waals surface area contributed by atoms with Crippen molar-refractivity contribution in [1.82, 2.24) is 5.32 Å². The van der Waals surface area contributed by atoms with Gasteiger partial charge in [-0.2, -0.15) is 0 Å². The molecule has 1 rings (SSSR count). The van der Waals surface area contributed by atoms with Crippen LogP contribution < -0.4 is 14.8 Å². The van der Waals surface area contributed by atoms with Gasteiger partial charge in [0.05, 0.1) is 12.7 Å². The summed E-state index contributed by atoms with van der Waals surface area (Å²) >= 11 is 5.85. The summed E-state index contributed by atoms with van der Waals surface area (Å²) in [5, 5.41) is 3.08. The first-order chi connectivity index (χ1) is 9.47. The van der Waals surface area contributed by atoms with Gasteiger partial charge in [-0.3, -0.25) is 9.59 Å². The van der Waals surface area contributed by atoms with E-state index in [2.05, 4.69) is 5.32 Å². The van der Waals surface area contributed by atoms with Gasteiger partial charge in [-0.15, -0.1) is 0 Å². The summed E-state index contributed by atoms with van der Waals surface area (Å²) in [6.45, 7) is 4.37. The van der Waals surface area contributed by atoms with E-state index in [0.29, 0.717) is 29.5 Å². The highest BCUT2D eigenvalue weighted by molar-refractivity contribution is 6.31. The van der Waals surface area contributed by atoms with E-state index in [1.54, 1.807) is 0 Å². The molecule has 0 fully saturated rings. The molecule has 1 aromatic carbocycles. The number of benzene rings is 1. The Balaban J connectivity index is 2.76. The lowest BCUT2D eigenvalue weighted by Gasteiger charge is -2.13. The van der Waals surface area contributed by atoms with Gasteiger partial charge in [0.25, 0.3) is 5.91 Å². The molecule has 6 heteroatoms. The minimum Gasteiger partial charge on any atom is -0.493 e. The van der Waals surface area contributed by atoms with E-state index in [1.165, 1.54) is 19.2 Å². The number of methoxy groups -OCH3 is 1. The van der Waals surface area contributed by atoms with Crippen LogP contribution in [0.5, 0.6) is 11.5 Å². The maximum absolute atomic E-state index is 11.6. The second-order valence-electron chi connectivity index (χ2n) is 4.63. The molecule has 0 saturated carbocycles. The number of rotatable bonds is 7. The Labute approximate surface area is 123 Å². The predicted molar refractivity (Wildman–Crippen MR) is 76.7 cm³/mol. The number of amides is 1. The average molecular weight is 300 g/mol. The zero-order chi connectivity index (χ0) is 15.1. The van der Waals surface area contributed by atoms with Crippen molar-refractivity contribution in [3.8, 4) is 11.5 Å². The topological polar surface area (TPSA) is 64.6 Å². The molecule has 0 aliphatic rings. The molecule has 1 amide bonds. The molecule has 20 heavy (non-hydrogen) atoms. The van der Waals surface area contributed by atoms with E-state index in [9.17, 15) is 9.59 Å². The minimum absolute atomic E-state index is 0.189. The number of hydrogen-bond donors (Lipinski definition) is 1. The van der Waals surface area contributed by atoms with Crippen LogP contribution in [0.25, 0.3) is 0 Å². The monoisotopic (exact) mass is 299 g/mol. The fourth-order valence-corrected chi connectivity index (χ4v) is 1.71. The summed E-state index contributed by atoms with van der Waals surface area (Å²) in [5.41, 5.74) is 0.242. The third-order valence-electron chi connectivity index (χ3n) is 2.45. The molecule has 0 spiro atoms. The second-order valence-corrected chi connectivity index (χ2v) is 5.07. The summed E-state index contributed by atoms with van der Waals surface area (Å²) in [4.78, 5) is 22.6. The van der Waals surface area contributed by atoms with Crippen LogP contribution in [0.1, 0.15) is 24.2 Å². The fourth-order valence-electron chi connectivity index (χ4n) is 1.49. The maximum Gasteiger partial charge on any atom is 0.257 e. The molecule has 1 N–H and O–H groups in total. The first kappa shape index (κ1) is 16.3. The van der Waals surface area contributed by atoms with Gasteiger partial charge < -0.3 is 14.8 Å². The first-order valence-corrected chi connectivity index (χ1v) is 6.58. The minimum atomic E-state index is -0.257. The molecule has 0 radical (unpaired) electrons. The van der Waals surface area contributed by atoms with Crippen molar-refractivity contribution < 1.29 is 19.1 Å². The third kappa shape index (κ3) is 4.74. The quantitative estimate of drug-likeness (QED) is 0.785. The highest BCUT2D eigenvalue weighted by atomic mass is 35.5. The van der Waals surface area contributed by atoms with E-state index in [0.717, 1.165) is 0 Å². The van der Waals surface area contributed by atoms with E-state index < -0.39 is 0 Å². The number of aldehydes is 1. The van der Waals surface area contributed by atoms with Gasteiger partial charge in [0.2, 0.25) is 0 Å². The third-order valence-corrected chi connectivity index (χ3v) is 2.67. The van der Waals surface area contributed by atoms with Crippen molar-refractivity contribution in [1.29, 1.82) is 0 Å². The zero-order valence-corrected chi connectivity index (χ0v) is 12.5. The van der Waals surface area contributed by atoms with Crippen LogP contribution in [-0.4, -0.2) is 32.5 Å². The Morgan fingerprint density at radius 1 is 1.45 bits per heavy atom. The molecule has 0 atom stereocenters. The Bertz CT molecular complexity index is 488. The van der Waals surface area contributed by atoms with Gasteiger partial charge in [-0.05, 0) is 12.0 Å². The van der Waals surface area contributed by atoms with Crippen molar-refractivity contribution >= 4 is 23.8 Å². The molecule has 0 unspecified atom stereocenters. The van der Waals surface area contributed by atoms with E-state index in [1.807, 2.05) is 13.8 Å². The average Bonchev–Trinajstić information content (AvgIpc) is 2.42. The summed E-state index contributed by atoms with van der Waals surface area (Å²) in [5.74, 6) is 0.630. The first-order valence-electron chi connectivity index (χ1n) is 6.20. The van der Waals surface area contributed by atoms with Crippen LogP contribution in [0.3, 0.4) is 0 Å². The molecular weight excluding hydrogens is 282 g/mol. The molecule has 0 heterocycles. The lowest BCUT2D eigenvalue weighted by molar-refractivity contribution is -0.123.